The van der Waals surface area contributed by atoms with Crippen molar-refractivity contribution >= 4 is 34.8 Å². The number of nitrogens with zero attached hydrogens (tertiary/aromatic N) is 4. The average Bonchev–Trinajstić information content (AvgIpc) is 2.93. The van der Waals surface area contributed by atoms with E-state index in [1.54, 1.807) is 31.5 Å². The first-order chi connectivity index (χ1) is 12.9. The Kier molecular flexibility index (Phi) is 3.81. The molecule has 1 atom stereocenters. The Labute approximate surface area is 158 Å². The highest BCUT2D eigenvalue weighted by atomic mass is 35.5. The third kappa shape index (κ3) is 2.68. The molecule has 1 amide bonds. The summed E-state index contributed by atoms with van der Waals surface area (Å²) in [5, 5.41) is 5.85. The second-order valence-electron chi connectivity index (χ2n) is 6.11. The van der Waals surface area contributed by atoms with E-state index in [0.29, 0.717) is 11.4 Å². The van der Waals surface area contributed by atoms with Crippen molar-refractivity contribution in [3.63, 3.8) is 0 Å². The van der Waals surface area contributed by atoms with Crippen LogP contribution in [0.15, 0.2) is 47.8 Å². The molecule has 3 aromatic rings. The summed E-state index contributed by atoms with van der Waals surface area (Å²) in [6.07, 6.45) is 4.45. The third-order valence-corrected chi connectivity index (χ3v) is 4.66. The van der Waals surface area contributed by atoms with Gasteiger partial charge in [-0.05, 0) is 25.1 Å². The molecule has 10 heteroatoms. The molecule has 0 saturated carbocycles. The van der Waals surface area contributed by atoms with E-state index in [0.717, 1.165) is 0 Å². The molecule has 1 unspecified atom stereocenters. The van der Waals surface area contributed by atoms with Crippen LogP contribution in [0, 0.1) is 0 Å². The van der Waals surface area contributed by atoms with Gasteiger partial charge in [-0.2, -0.15) is 0 Å². The SMILES string of the molecule is CC1(c2ccncc2)NC(=O)c2c(Cl)cc(Nc3cc(N)ncn3)c(=O)n21. The highest BCUT2D eigenvalue weighted by Gasteiger charge is 2.43. The van der Waals surface area contributed by atoms with Crippen LogP contribution in [0.3, 0.4) is 0 Å². The van der Waals surface area contributed by atoms with E-state index in [4.69, 9.17) is 17.3 Å². The molecule has 1 aliphatic heterocycles. The Morgan fingerprint density at radius 2 is 1.96 bits per heavy atom. The summed E-state index contributed by atoms with van der Waals surface area (Å²) in [5.74, 6) is 0.145. The number of carbonyl (C=O) groups excluding carboxylic acids is 1. The molecule has 0 aliphatic carbocycles. The van der Waals surface area contributed by atoms with Gasteiger partial charge in [0.05, 0.1) is 5.02 Å². The van der Waals surface area contributed by atoms with Gasteiger partial charge in [0.25, 0.3) is 11.5 Å². The van der Waals surface area contributed by atoms with E-state index in [2.05, 4.69) is 25.6 Å². The van der Waals surface area contributed by atoms with Gasteiger partial charge in [0.2, 0.25) is 0 Å². The first-order valence-corrected chi connectivity index (χ1v) is 8.31. The Hall–Kier alpha value is -3.46. The van der Waals surface area contributed by atoms with Crippen molar-refractivity contribution in [2.75, 3.05) is 11.1 Å². The average molecular weight is 384 g/mol. The maximum absolute atomic E-state index is 13.2. The second kappa shape index (κ2) is 6.06. The number of amides is 1. The normalized spacial score (nSPS) is 18.1. The molecule has 136 valence electrons. The minimum Gasteiger partial charge on any atom is -0.384 e. The van der Waals surface area contributed by atoms with Crippen molar-refractivity contribution in [2.45, 2.75) is 12.6 Å². The fraction of sp³-hybridized carbons (Fsp3) is 0.118. The molecule has 0 bridgehead atoms. The summed E-state index contributed by atoms with van der Waals surface area (Å²) >= 11 is 6.32. The van der Waals surface area contributed by atoms with Crippen LogP contribution in [-0.4, -0.2) is 25.4 Å². The Bertz CT molecular complexity index is 1120. The number of carbonyl (C=O) groups is 1. The zero-order valence-corrected chi connectivity index (χ0v) is 14.9. The molecule has 3 aromatic heterocycles. The molecule has 4 N–H and O–H groups in total. The Morgan fingerprint density at radius 1 is 1.22 bits per heavy atom. The molecular formula is C17H14ClN7O2. The largest absolute Gasteiger partial charge is 0.384 e. The van der Waals surface area contributed by atoms with Gasteiger partial charge in [-0.3, -0.25) is 19.1 Å². The minimum atomic E-state index is -1.11. The number of nitrogen functional groups attached to an aromatic ring is 1. The van der Waals surface area contributed by atoms with Gasteiger partial charge in [0.15, 0.2) is 0 Å². The summed E-state index contributed by atoms with van der Waals surface area (Å²) in [7, 11) is 0. The molecule has 4 heterocycles. The third-order valence-electron chi connectivity index (χ3n) is 4.37. The van der Waals surface area contributed by atoms with Crippen LogP contribution in [0.1, 0.15) is 23.0 Å². The predicted molar refractivity (Wildman–Crippen MR) is 99.9 cm³/mol. The lowest BCUT2D eigenvalue weighted by atomic mass is 10.0. The van der Waals surface area contributed by atoms with E-state index in [-0.39, 0.29) is 22.2 Å². The van der Waals surface area contributed by atoms with Gasteiger partial charge in [-0.1, -0.05) is 11.6 Å². The van der Waals surface area contributed by atoms with Gasteiger partial charge in [0.1, 0.15) is 35.0 Å². The lowest BCUT2D eigenvalue weighted by Crippen LogP contribution is -2.46. The van der Waals surface area contributed by atoms with Crippen LogP contribution in [0.5, 0.6) is 0 Å². The molecule has 0 radical (unpaired) electrons. The summed E-state index contributed by atoms with van der Waals surface area (Å²) in [6.45, 7) is 1.72. The molecule has 27 heavy (non-hydrogen) atoms. The number of hydrogen-bond donors (Lipinski definition) is 3. The molecule has 0 fully saturated rings. The van der Waals surface area contributed by atoms with Crippen LogP contribution in [0.2, 0.25) is 5.02 Å². The number of nitrogens with one attached hydrogen (secondary N) is 2. The predicted octanol–water partition coefficient (Wildman–Crippen LogP) is 1.48. The van der Waals surface area contributed by atoms with Crippen molar-refractivity contribution in [1.29, 1.82) is 0 Å². The van der Waals surface area contributed by atoms with Crippen molar-refractivity contribution < 1.29 is 4.79 Å². The van der Waals surface area contributed by atoms with Crippen LogP contribution in [0.4, 0.5) is 17.3 Å². The standard InChI is InChI=1S/C17H14ClN7O2/c1-17(9-2-4-20-5-3-9)24-15(26)14-10(18)6-11(16(27)25(14)17)23-13-7-12(19)21-8-22-13/h2-8H,1H3,(H,24,26)(H3,19,21,22,23). The smallest absolute Gasteiger partial charge is 0.277 e. The Balaban J connectivity index is 1.90. The zero-order valence-electron chi connectivity index (χ0n) is 14.1. The number of pyridine rings is 2. The van der Waals surface area contributed by atoms with E-state index in [1.165, 1.54) is 23.0 Å². The maximum atomic E-state index is 13.2. The summed E-state index contributed by atoms with van der Waals surface area (Å²) in [5.41, 5.74) is 5.02. The van der Waals surface area contributed by atoms with Crippen LogP contribution in [0.25, 0.3) is 0 Å². The van der Waals surface area contributed by atoms with Gasteiger partial charge in [-0.15, -0.1) is 0 Å². The van der Waals surface area contributed by atoms with Crippen molar-refractivity contribution in [2.24, 2.45) is 0 Å². The summed E-state index contributed by atoms with van der Waals surface area (Å²) < 4.78 is 1.33. The summed E-state index contributed by atoms with van der Waals surface area (Å²) in [6, 6.07) is 6.32. The number of halogens is 1. The zero-order chi connectivity index (χ0) is 19.2. The topological polar surface area (TPSA) is 128 Å². The van der Waals surface area contributed by atoms with Crippen LogP contribution in [-0.2, 0) is 5.66 Å². The molecule has 0 saturated heterocycles. The molecule has 9 nitrogen and oxygen atoms in total. The lowest BCUT2D eigenvalue weighted by Gasteiger charge is -2.28. The van der Waals surface area contributed by atoms with E-state index in [9.17, 15) is 9.59 Å². The molecule has 1 aliphatic rings. The molecule has 0 aromatic carbocycles. The minimum absolute atomic E-state index is 0.0914. The number of nitrogens with two attached hydrogens (primary N) is 1. The second-order valence-corrected chi connectivity index (χ2v) is 6.52. The first kappa shape index (κ1) is 17.0. The molecular weight excluding hydrogens is 370 g/mol. The van der Waals surface area contributed by atoms with Crippen molar-refractivity contribution in [1.82, 2.24) is 24.8 Å². The monoisotopic (exact) mass is 383 g/mol. The first-order valence-electron chi connectivity index (χ1n) is 7.94. The van der Waals surface area contributed by atoms with E-state index in [1.807, 2.05) is 0 Å². The van der Waals surface area contributed by atoms with Crippen LogP contribution >= 0.6 is 11.6 Å². The number of anilines is 3. The van der Waals surface area contributed by atoms with Crippen molar-refractivity contribution in [3.05, 3.63) is 69.6 Å². The lowest BCUT2D eigenvalue weighted by molar-refractivity contribution is 0.0941. The number of fused-ring (bicyclic) bond motifs is 1. The quantitative estimate of drug-likeness (QED) is 0.624. The molecule has 4 rings (SSSR count). The highest BCUT2D eigenvalue weighted by Crippen LogP contribution is 2.33. The fourth-order valence-corrected chi connectivity index (χ4v) is 3.38. The highest BCUT2D eigenvalue weighted by molar-refractivity contribution is 6.34. The van der Waals surface area contributed by atoms with Crippen LogP contribution < -0.4 is 21.9 Å². The van der Waals surface area contributed by atoms with E-state index >= 15 is 0 Å². The number of rotatable bonds is 3. The molecule has 0 spiro atoms. The van der Waals surface area contributed by atoms with Crippen molar-refractivity contribution in [3.8, 4) is 0 Å². The number of aromatic nitrogens is 4. The summed E-state index contributed by atoms with van der Waals surface area (Å²) in [4.78, 5) is 37.5. The van der Waals surface area contributed by atoms with E-state index < -0.39 is 17.1 Å². The van der Waals surface area contributed by atoms with Gasteiger partial charge >= 0.3 is 0 Å². The fourth-order valence-electron chi connectivity index (χ4n) is 3.10. The van der Waals surface area contributed by atoms with Gasteiger partial charge in [-0.25, -0.2) is 9.97 Å². The maximum Gasteiger partial charge on any atom is 0.277 e. The van der Waals surface area contributed by atoms with Gasteiger partial charge in [0, 0.05) is 24.0 Å². The Morgan fingerprint density at radius 3 is 2.67 bits per heavy atom. The number of hydrogen-bond acceptors (Lipinski definition) is 7. The van der Waals surface area contributed by atoms with Gasteiger partial charge < -0.3 is 16.4 Å².